The third kappa shape index (κ3) is 3.01. The Morgan fingerprint density at radius 1 is 1.44 bits per heavy atom. The summed E-state index contributed by atoms with van der Waals surface area (Å²) < 4.78 is 5.34. The number of carbonyl (C=O) groups excluding carboxylic acids is 1. The summed E-state index contributed by atoms with van der Waals surface area (Å²) >= 11 is 0. The molecule has 2 N–H and O–H groups in total. The highest BCUT2D eigenvalue weighted by atomic mass is 16.5. The summed E-state index contributed by atoms with van der Waals surface area (Å²) in [5.74, 6) is 0.666. The Morgan fingerprint density at radius 2 is 2.22 bits per heavy atom. The quantitative estimate of drug-likeness (QED) is 0.854. The summed E-state index contributed by atoms with van der Waals surface area (Å²) in [5, 5.41) is 6.04. The van der Waals surface area contributed by atoms with Crippen LogP contribution in [0.1, 0.15) is 19.4 Å². The van der Waals surface area contributed by atoms with Gasteiger partial charge in [0.2, 0.25) is 0 Å². The molecule has 0 spiro atoms. The highest BCUT2D eigenvalue weighted by molar-refractivity contribution is 5.95. The highest BCUT2D eigenvalue weighted by Crippen LogP contribution is 2.31. The Labute approximate surface area is 108 Å². The standard InChI is InChI=1S/C14H20N2O2/c1-14(2,9-15-3)7-10-4-5-12-11(6-10)16-13(17)8-18-12/h4-6,15H,7-9H2,1-3H3,(H,16,17). The van der Waals surface area contributed by atoms with Crippen LogP contribution in [0.2, 0.25) is 0 Å². The average Bonchev–Trinajstić information content (AvgIpc) is 2.27. The third-order valence-electron chi connectivity index (χ3n) is 3.01. The van der Waals surface area contributed by atoms with Crippen LogP contribution in [0.4, 0.5) is 5.69 Å². The van der Waals surface area contributed by atoms with E-state index in [0.717, 1.165) is 24.4 Å². The molecular formula is C14H20N2O2. The molecule has 98 valence electrons. The van der Waals surface area contributed by atoms with Gasteiger partial charge >= 0.3 is 0 Å². The summed E-state index contributed by atoms with van der Waals surface area (Å²) in [4.78, 5) is 11.3. The van der Waals surface area contributed by atoms with E-state index < -0.39 is 0 Å². The van der Waals surface area contributed by atoms with E-state index >= 15 is 0 Å². The molecule has 1 heterocycles. The fourth-order valence-electron chi connectivity index (χ4n) is 2.33. The van der Waals surface area contributed by atoms with Crippen molar-refractivity contribution in [2.75, 3.05) is 25.5 Å². The predicted molar refractivity (Wildman–Crippen MR) is 72.0 cm³/mol. The maximum atomic E-state index is 11.3. The SMILES string of the molecule is CNCC(C)(C)Cc1ccc2c(c1)NC(=O)CO2. The van der Waals surface area contributed by atoms with E-state index in [1.807, 2.05) is 19.2 Å². The van der Waals surface area contributed by atoms with Gasteiger partial charge in [-0.1, -0.05) is 19.9 Å². The fraction of sp³-hybridized carbons (Fsp3) is 0.500. The van der Waals surface area contributed by atoms with Crippen molar-refractivity contribution in [3.8, 4) is 5.75 Å². The van der Waals surface area contributed by atoms with E-state index in [0.29, 0.717) is 0 Å². The normalized spacial score (nSPS) is 14.7. The predicted octanol–water partition coefficient (Wildman–Crippen LogP) is 1.81. The zero-order valence-corrected chi connectivity index (χ0v) is 11.2. The Hall–Kier alpha value is -1.55. The minimum Gasteiger partial charge on any atom is -0.482 e. The van der Waals surface area contributed by atoms with Crippen LogP contribution in [0.25, 0.3) is 0 Å². The van der Waals surface area contributed by atoms with Crippen molar-refractivity contribution in [3.63, 3.8) is 0 Å². The number of hydrogen-bond donors (Lipinski definition) is 2. The molecule has 0 aromatic heterocycles. The van der Waals surface area contributed by atoms with Gasteiger partial charge in [0.05, 0.1) is 5.69 Å². The molecule has 0 atom stereocenters. The minimum absolute atomic E-state index is 0.0888. The van der Waals surface area contributed by atoms with E-state index in [-0.39, 0.29) is 17.9 Å². The molecule has 2 rings (SSSR count). The van der Waals surface area contributed by atoms with Gasteiger partial charge in [0.15, 0.2) is 6.61 Å². The van der Waals surface area contributed by atoms with Crippen LogP contribution in [0.15, 0.2) is 18.2 Å². The molecule has 1 aliphatic heterocycles. The topological polar surface area (TPSA) is 50.4 Å². The second-order valence-corrected chi connectivity index (χ2v) is 5.54. The second kappa shape index (κ2) is 4.98. The highest BCUT2D eigenvalue weighted by Gasteiger charge is 2.20. The molecule has 0 aliphatic carbocycles. The van der Waals surface area contributed by atoms with Gasteiger partial charge in [-0.15, -0.1) is 0 Å². The number of benzene rings is 1. The van der Waals surface area contributed by atoms with Crippen molar-refractivity contribution < 1.29 is 9.53 Å². The molecule has 0 saturated carbocycles. The molecule has 1 amide bonds. The van der Waals surface area contributed by atoms with Crippen molar-refractivity contribution in [2.45, 2.75) is 20.3 Å². The number of hydrogen-bond acceptors (Lipinski definition) is 3. The Balaban J connectivity index is 2.16. The summed E-state index contributed by atoms with van der Waals surface area (Å²) in [6.45, 7) is 5.50. The molecule has 0 bridgehead atoms. The second-order valence-electron chi connectivity index (χ2n) is 5.54. The summed E-state index contributed by atoms with van der Waals surface area (Å²) in [7, 11) is 1.96. The van der Waals surface area contributed by atoms with E-state index in [1.165, 1.54) is 5.56 Å². The number of nitrogens with one attached hydrogen (secondary N) is 2. The van der Waals surface area contributed by atoms with Crippen molar-refractivity contribution in [1.29, 1.82) is 0 Å². The summed E-state index contributed by atoms with van der Waals surface area (Å²) in [6.07, 6.45) is 0.955. The number of amides is 1. The first-order valence-corrected chi connectivity index (χ1v) is 6.20. The van der Waals surface area contributed by atoms with Gasteiger partial charge < -0.3 is 15.4 Å². The van der Waals surface area contributed by atoms with Crippen molar-refractivity contribution in [1.82, 2.24) is 5.32 Å². The van der Waals surface area contributed by atoms with Gasteiger partial charge in [-0.25, -0.2) is 0 Å². The number of ether oxygens (including phenoxy) is 1. The number of anilines is 1. The van der Waals surface area contributed by atoms with Crippen LogP contribution in [-0.4, -0.2) is 26.1 Å². The van der Waals surface area contributed by atoms with Crippen molar-refractivity contribution in [2.24, 2.45) is 5.41 Å². The van der Waals surface area contributed by atoms with Gasteiger partial charge in [0, 0.05) is 6.54 Å². The maximum Gasteiger partial charge on any atom is 0.262 e. The third-order valence-corrected chi connectivity index (χ3v) is 3.01. The molecule has 4 nitrogen and oxygen atoms in total. The summed E-state index contributed by atoms with van der Waals surface area (Å²) in [6, 6.07) is 6.00. The number of rotatable bonds is 4. The van der Waals surface area contributed by atoms with Crippen LogP contribution in [0.3, 0.4) is 0 Å². The lowest BCUT2D eigenvalue weighted by molar-refractivity contribution is -0.118. The molecule has 4 heteroatoms. The molecular weight excluding hydrogens is 228 g/mol. The van der Waals surface area contributed by atoms with Gasteiger partial charge in [-0.3, -0.25) is 4.79 Å². The number of carbonyl (C=O) groups is 1. The zero-order chi connectivity index (χ0) is 13.2. The molecule has 0 radical (unpaired) electrons. The molecule has 1 aliphatic rings. The molecule has 1 aromatic rings. The summed E-state index contributed by atoms with van der Waals surface area (Å²) in [5.41, 5.74) is 2.17. The van der Waals surface area contributed by atoms with E-state index in [1.54, 1.807) is 0 Å². The number of fused-ring (bicyclic) bond motifs is 1. The van der Waals surface area contributed by atoms with Crippen molar-refractivity contribution >= 4 is 11.6 Å². The minimum atomic E-state index is -0.0888. The smallest absolute Gasteiger partial charge is 0.262 e. The van der Waals surface area contributed by atoms with Crippen LogP contribution in [0, 0.1) is 5.41 Å². The van der Waals surface area contributed by atoms with Crippen LogP contribution < -0.4 is 15.4 Å². The Morgan fingerprint density at radius 3 is 2.94 bits per heavy atom. The molecule has 18 heavy (non-hydrogen) atoms. The lowest BCUT2D eigenvalue weighted by atomic mass is 9.85. The molecule has 0 saturated heterocycles. The van der Waals surface area contributed by atoms with Gasteiger partial charge in [0.1, 0.15) is 5.75 Å². The van der Waals surface area contributed by atoms with E-state index in [9.17, 15) is 4.79 Å². The lowest BCUT2D eigenvalue weighted by Crippen LogP contribution is -2.29. The zero-order valence-electron chi connectivity index (χ0n) is 11.2. The molecule has 1 aromatic carbocycles. The van der Waals surface area contributed by atoms with Crippen LogP contribution in [0.5, 0.6) is 5.75 Å². The average molecular weight is 248 g/mol. The molecule has 0 fully saturated rings. The van der Waals surface area contributed by atoms with Crippen molar-refractivity contribution in [3.05, 3.63) is 23.8 Å². The Bertz CT molecular complexity index is 455. The van der Waals surface area contributed by atoms with Gasteiger partial charge in [-0.2, -0.15) is 0 Å². The van der Waals surface area contributed by atoms with Crippen LogP contribution >= 0.6 is 0 Å². The van der Waals surface area contributed by atoms with Gasteiger partial charge in [0.25, 0.3) is 5.91 Å². The maximum absolute atomic E-state index is 11.3. The first-order valence-electron chi connectivity index (χ1n) is 6.20. The fourth-order valence-corrected chi connectivity index (χ4v) is 2.33. The lowest BCUT2D eigenvalue weighted by Gasteiger charge is -2.25. The first kappa shape index (κ1) is 12.9. The van der Waals surface area contributed by atoms with Gasteiger partial charge in [-0.05, 0) is 36.6 Å². The largest absolute Gasteiger partial charge is 0.482 e. The van der Waals surface area contributed by atoms with E-state index in [2.05, 4.69) is 30.5 Å². The van der Waals surface area contributed by atoms with Crippen LogP contribution in [-0.2, 0) is 11.2 Å². The first-order chi connectivity index (χ1) is 8.50. The van der Waals surface area contributed by atoms with E-state index in [4.69, 9.17) is 4.74 Å². The Kier molecular flexibility index (Phi) is 3.57. The molecule has 0 unspecified atom stereocenters. The monoisotopic (exact) mass is 248 g/mol.